The van der Waals surface area contributed by atoms with Crippen molar-refractivity contribution in [3.05, 3.63) is 5.82 Å². The van der Waals surface area contributed by atoms with Crippen molar-refractivity contribution >= 4 is 11.9 Å². The molecule has 0 aliphatic rings. The van der Waals surface area contributed by atoms with Crippen LogP contribution in [-0.4, -0.2) is 21.1 Å². The summed E-state index contributed by atoms with van der Waals surface area (Å²) in [4.78, 5) is 13.7. The number of rotatable bonds is 1. The number of carbonyl (C=O) groups excluding carboxylic acids is 1. The van der Waals surface area contributed by atoms with Crippen LogP contribution in [-0.2, 0) is 0 Å². The van der Waals surface area contributed by atoms with Crippen molar-refractivity contribution in [2.45, 2.75) is 0 Å². The van der Waals surface area contributed by atoms with E-state index < -0.39 is 5.91 Å². The Hall–Kier alpha value is -1.59. The smallest absolute Gasteiger partial charge is 0.288 e. The minimum Gasteiger partial charge on any atom is -0.368 e. The van der Waals surface area contributed by atoms with Gasteiger partial charge in [-0.2, -0.15) is 4.98 Å². The fraction of sp³-hybridized carbons (Fsp3) is 0. The Morgan fingerprint density at radius 2 is 2.33 bits per heavy atom. The molecular formula is C3H5N5O. The first-order valence-corrected chi connectivity index (χ1v) is 2.18. The van der Waals surface area contributed by atoms with Gasteiger partial charge in [-0.15, -0.1) is 5.10 Å². The van der Waals surface area contributed by atoms with Crippen LogP contribution >= 0.6 is 0 Å². The van der Waals surface area contributed by atoms with Gasteiger partial charge in [0, 0.05) is 0 Å². The van der Waals surface area contributed by atoms with Crippen molar-refractivity contribution in [2.24, 2.45) is 5.73 Å². The number of aromatic nitrogens is 3. The third-order valence-electron chi connectivity index (χ3n) is 0.723. The SMILES string of the molecule is NC(=O)c1n[nH]c(N)n1. The first-order chi connectivity index (χ1) is 4.20. The number of nitrogen functional groups attached to an aromatic ring is 1. The largest absolute Gasteiger partial charge is 0.368 e. The zero-order valence-corrected chi connectivity index (χ0v) is 4.46. The van der Waals surface area contributed by atoms with Crippen molar-refractivity contribution < 1.29 is 4.79 Å². The molecule has 9 heavy (non-hydrogen) atoms. The zero-order chi connectivity index (χ0) is 6.85. The molecular weight excluding hydrogens is 122 g/mol. The lowest BCUT2D eigenvalue weighted by atomic mass is 10.6. The van der Waals surface area contributed by atoms with E-state index in [1.807, 2.05) is 0 Å². The highest BCUT2D eigenvalue weighted by molar-refractivity contribution is 5.88. The molecule has 0 saturated heterocycles. The molecule has 0 bridgehead atoms. The van der Waals surface area contributed by atoms with E-state index in [1.165, 1.54) is 0 Å². The average Bonchev–Trinajstić information content (AvgIpc) is 2.14. The molecule has 1 aromatic heterocycles. The molecule has 1 amide bonds. The lowest BCUT2D eigenvalue weighted by Gasteiger charge is -1.77. The van der Waals surface area contributed by atoms with Crippen LogP contribution in [0.25, 0.3) is 0 Å². The van der Waals surface area contributed by atoms with Gasteiger partial charge in [-0.3, -0.25) is 4.79 Å². The topological polar surface area (TPSA) is 111 Å². The summed E-state index contributed by atoms with van der Waals surface area (Å²) in [5, 5.41) is 5.65. The van der Waals surface area contributed by atoms with Crippen LogP contribution in [0.4, 0.5) is 5.95 Å². The molecule has 1 aromatic rings. The average molecular weight is 127 g/mol. The fourth-order valence-electron chi connectivity index (χ4n) is 0.385. The van der Waals surface area contributed by atoms with Crippen molar-refractivity contribution in [2.75, 3.05) is 5.73 Å². The number of aromatic amines is 1. The number of carbonyl (C=O) groups is 1. The van der Waals surface area contributed by atoms with Gasteiger partial charge in [0.15, 0.2) is 0 Å². The van der Waals surface area contributed by atoms with Crippen molar-refractivity contribution in [3.63, 3.8) is 0 Å². The second-order valence-electron chi connectivity index (χ2n) is 1.41. The predicted molar refractivity (Wildman–Crippen MR) is 29.3 cm³/mol. The molecule has 0 aromatic carbocycles. The summed E-state index contributed by atoms with van der Waals surface area (Å²) in [5.41, 5.74) is 9.87. The van der Waals surface area contributed by atoms with E-state index in [9.17, 15) is 4.79 Å². The Balaban J connectivity index is 2.98. The van der Waals surface area contributed by atoms with E-state index in [4.69, 9.17) is 11.5 Å². The van der Waals surface area contributed by atoms with E-state index in [0.29, 0.717) is 0 Å². The highest BCUT2D eigenvalue weighted by atomic mass is 16.1. The number of nitrogens with zero attached hydrogens (tertiary/aromatic N) is 2. The summed E-state index contributed by atoms with van der Waals surface area (Å²) in [6.45, 7) is 0. The number of amides is 1. The second kappa shape index (κ2) is 1.73. The normalized spacial score (nSPS) is 9.33. The lowest BCUT2D eigenvalue weighted by molar-refractivity contribution is 0.0991. The fourth-order valence-corrected chi connectivity index (χ4v) is 0.385. The van der Waals surface area contributed by atoms with Gasteiger partial charge >= 0.3 is 0 Å². The number of hydrogen-bond acceptors (Lipinski definition) is 4. The molecule has 0 atom stereocenters. The molecule has 6 nitrogen and oxygen atoms in total. The quantitative estimate of drug-likeness (QED) is 0.425. The first-order valence-electron chi connectivity index (χ1n) is 2.18. The maximum absolute atomic E-state index is 10.2. The summed E-state index contributed by atoms with van der Waals surface area (Å²) in [7, 11) is 0. The minimum absolute atomic E-state index is 0.0869. The van der Waals surface area contributed by atoms with Crippen molar-refractivity contribution in [3.8, 4) is 0 Å². The van der Waals surface area contributed by atoms with Crippen molar-refractivity contribution in [1.82, 2.24) is 15.2 Å². The molecule has 0 aliphatic carbocycles. The monoisotopic (exact) mass is 127 g/mol. The third kappa shape index (κ3) is 0.958. The number of hydrogen-bond donors (Lipinski definition) is 3. The Bertz CT molecular complexity index is 228. The highest BCUT2D eigenvalue weighted by Gasteiger charge is 2.04. The summed E-state index contributed by atoms with van der Waals surface area (Å²) in [6.07, 6.45) is 0. The number of nitrogens with two attached hydrogens (primary N) is 2. The first kappa shape index (κ1) is 5.54. The van der Waals surface area contributed by atoms with Crippen LogP contribution in [0.2, 0.25) is 0 Å². The van der Waals surface area contributed by atoms with Crippen LogP contribution in [0.1, 0.15) is 10.6 Å². The molecule has 1 heterocycles. The Labute approximate surface area is 50.3 Å². The van der Waals surface area contributed by atoms with Gasteiger partial charge in [0.05, 0.1) is 0 Å². The molecule has 0 radical (unpaired) electrons. The maximum Gasteiger partial charge on any atom is 0.288 e. The molecule has 5 N–H and O–H groups in total. The number of primary amides is 1. The molecule has 1 rings (SSSR count). The van der Waals surface area contributed by atoms with Gasteiger partial charge in [-0.1, -0.05) is 0 Å². The maximum atomic E-state index is 10.2. The molecule has 0 unspecified atom stereocenters. The standard InChI is InChI=1S/C3H5N5O/c4-1(9)2-6-3(5)8-7-2/h(H2,4,9)(H3,5,6,7,8). The van der Waals surface area contributed by atoms with Gasteiger partial charge in [-0.05, 0) is 0 Å². The summed E-state index contributed by atoms with van der Waals surface area (Å²) >= 11 is 0. The predicted octanol–water partition coefficient (Wildman–Crippen LogP) is -1.51. The molecule has 0 aliphatic heterocycles. The second-order valence-corrected chi connectivity index (χ2v) is 1.41. The Morgan fingerprint density at radius 3 is 2.56 bits per heavy atom. The van der Waals surface area contributed by atoms with Crippen LogP contribution in [0.3, 0.4) is 0 Å². The molecule has 48 valence electrons. The number of anilines is 1. The third-order valence-corrected chi connectivity index (χ3v) is 0.723. The van der Waals surface area contributed by atoms with E-state index in [2.05, 4.69) is 15.2 Å². The Kier molecular flexibility index (Phi) is 1.07. The molecule has 0 spiro atoms. The van der Waals surface area contributed by atoms with Gasteiger partial charge < -0.3 is 11.5 Å². The van der Waals surface area contributed by atoms with E-state index in [0.717, 1.165) is 0 Å². The minimum atomic E-state index is -0.692. The Morgan fingerprint density at radius 1 is 1.67 bits per heavy atom. The van der Waals surface area contributed by atoms with Crippen LogP contribution in [0, 0.1) is 0 Å². The molecule has 0 saturated carbocycles. The van der Waals surface area contributed by atoms with E-state index >= 15 is 0 Å². The lowest BCUT2D eigenvalue weighted by Crippen LogP contribution is -2.12. The summed E-state index contributed by atoms with van der Waals surface area (Å²) in [5.74, 6) is -0.695. The highest BCUT2D eigenvalue weighted by Crippen LogP contribution is 1.89. The number of H-pyrrole nitrogens is 1. The zero-order valence-electron chi connectivity index (χ0n) is 4.46. The van der Waals surface area contributed by atoms with Gasteiger partial charge in [0.1, 0.15) is 0 Å². The molecule has 6 heteroatoms. The van der Waals surface area contributed by atoms with E-state index in [-0.39, 0.29) is 11.8 Å². The van der Waals surface area contributed by atoms with Gasteiger partial charge in [0.2, 0.25) is 11.8 Å². The van der Waals surface area contributed by atoms with Gasteiger partial charge in [-0.25, -0.2) is 5.10 Å². The van der Waals surface area contributed by atoms with Crippen LogP contribution in [0.15, 0.2) is 0 Å². The van der Waals surface area contributed by atoms with Crippen LogP contribution in [0.5, 0.6) is 0 Å². The number of nitrogens with one attached hydrogen (secondary N) is 1. The molecule has 0 fully saturated rings. The van der Waals surface area contributed by atoms with Crippen LogP contribution < -0.4 is 11.5 Å². The van der Waals surface area contributed by atoms with E-state index in [1.54, 1.807) is 0 Å². The van der Waals surface area contributed by atoms with Gasteiger partial charge in [0.25, 0.3) is 5.91 Å². The summed E-state index contributed by atoms with van der Waals surface area (Å²) in [6, 6.07) is 0. The summed E-state index contributed by atoms with van der Waals surface area (Å²) < 4.78 is 0. The van der Waals surface area contributed by atoms with Crippen molar-refractivity contribution in [1.29, 1.82) is 0 Å².